The van der Waals surface area contributed by atoms with Gasteiger partial charge in [-0.2, -0.15) is 8.42 Å². The van der Waals surface area contributed by atoms with Gasteiger partial charge in [-0.1, -0.05) is 183 Å². The van der Waals surface area contributed by atoms with Gasteiger partial charge in [-0.15, -0.1) is 7.92 Å². The molecule has 1 radical (unpaired) electrons. The summed E-state index contributed by atoms with van der Waals surface area (Å²) in [5.41, 5.74) is 2.35. The van der Waals surface area contributed by atoms with E-state index in [1.165, 1.54) is 83.7 Å². The van der Waals surface area contributed by atoms with Crippen LogP contribution >= 0.6 is 15.5 Å². The quantitative estimate of drug-likeness (QED) is 0.0549. The maximum absolute atomic E-state index is 10.1. The third kappa shape index (κ3) is 148. The Morgan fingerprint density at radius 3 is 1.06 bits per heavy atom. The molecule has 0 aliphatic heterocycles. The van der Waals surface area contributed by atoms with Gasteiger partial charge in [0.15, 0.2) is 11.1 Å². The molecule has 1 aromatic rings. The van der Waals surface area contributed by atoms with E-state index in [1.807, 2.05) is 36.4 Å². The molecule has 0 heterocycles. The van der Waals surface area contributed by atoms with Crippen LogP contribution in [0.25, 0.3) is 0 Å². The van der Waals surface area contributed by atoms with E-state index in [-0.39, 0.29) is 22.9 Å². The number of rotatable bonds is 13. The Balaban J connectivity index is -0.0000000707. The van der Waals surface area contributed by atoms with E-state index < -0.39 is 49.5 Å². The third-order valence-electron chi connectivity index (χ3n) is 7.80. The number of benzene rings is 1. The van der Waals surface area contributed by atoms with E-state index in [0.29, 0.717) is 7.92 Å². The predicted molar refractivity (Wildman–Crippen MR) is 337 cm³/mol. The molecule has 0 bridgehead atoms. The van der Waals surface area contributed by atoms with Crippen molar-refractivity contribution in [1.82, 2.24) is 9.80 Å². The fourth-order valence-corrected chi connectivity index (χ4v) is 8.43. The third-order valence-corrected chi connectivity index (χ3v) is 14.4. The summed E-state index contributed by atoms with van der Waals surface area (Å²) in [5, 5.41) is 15.3. The fourth-order valence-electron chi connectivity index (χ4n) is 4.53. The van der Waals surface area contributed by atoms with Gasteiger partial charge < -0.3 is 36.4 Å². The molecule has 2 saturated carbocycles. The van der Waals surface area contributed by atoms with Crippen LogP contribution in [-0.2, 0) is 88.9 Å². The Labute approximate surface area is 495 Å². The minimum atomic E-state index is -3.16. The average molecular weight is 1270 g/mol. The summed E-state index contributed by atoms with van der Waals surface area (Å²) in [4.78, 5) is 31.1. The van der Waals surface area contributed by atoms with Crippen LogP contribution in [0.15, 0.2) is 49.1 Å². The molecule has 471 valence electrons. The summed E-state index contributed by atoms with van der Waals surface area (Å²) < 4.78 is 65.8. The van der Waals surface area contributed by atoms with Gasteiger partial charge in [-0.05, 0) is 77.3 Å². The molecule has 77 heavy (non-hydrogen) atoms. The van der Waals surface area contributed by atoms with Crippen molar-refractivity contribution in [3.63, 3.8) is 0 Å². The van der Waals surface area contributed by atoms with Crippen LogP contribution in [0.1, 0.15) is 166 Å². The van der Waals surface area contributed by atoms with Crippen molar-refractivity contribution in [3.05, 3.63) is 56.0 Å². The van der Waals surface area contributed by atoms with Crippen molar-refractivity contribution in [2.24, 2.45) is 5.92 Å². The minimum absolute atomic E-state index is 0. The smallest absolute Gasteiger partial charge is 0.483 e. The molecule has 3 rings (SSSR count). The molecule has 3 N–H and O–H groups in total. The molecule has 2 fully saturated rings. The summed E-state index contributed by atoms with van der Waals surface area (Å²) in [6, 6.07) is 12.0. The van der Waals surface area contributed by atoms with E-state index in [1.54, 1.807) is 57.5 Å². The largest absolute Gasteiger partial charge is 3.00 e. The van der Waals surface area contributed by atoms with Gasteiger partial charge in [-0.25, -0.2) is 13.2 Å². The molecular formula is C54H119N2NiO14P2S4+2. The van der Waals surface area contributed by atoms with Crippen molar-refractivity contribution in [1.29, 1.82) is 0 Å². The van der Waals surface area contributed by atoms with Gasteiger partial charge in [0.2, 0.25) is 0 Å². The van der Waals surface area contributed by atoms with E-state index in [4.69, 9.17) is 15.1 Å². The van der Waals surface area contributed by atoms with Gasteiger partial charge in [0.25, 0.3) is 16.1 Å². The van der Waals surface area contributed by atoms with Crippen molar-refractivity contribution in [2.45, 2.75) is 177 Å². The summed E-state index contributed by atoms with van der Waals surface area (Å²) in [5.74, 6) is -1.00. The molecule has 2 aliphatic carbocycles. The van der Waals surface area contributed by atoms with Crippen molar-refractivity contribution in [2.75, 3.05) is 101 Å². The van der Waals surface area contributed by atoms with Crippen LogP contribution in [0.4, 0.5) is 0 Å². The van der Waals surface area contributed by atoms with Gasteiger partial charge in [0, 0.05) is 56.6 Å². The predicted octanol–water partition coefficient (Wildman–Crippen LogP) is 13.7. The molecule has 0 spiro atoms. The number of hydrogen-bond acceptors (Lipinski definition) is 14. The number of nitrogens with zero attached hydrogens (tertiary/aromatic N) is 2. The molecule has 0 saturated heterocycles. The molecule has 3 unspecified atom stereocenters. The zero-order chi connectivity index (χ0) is 62.2. The second kappa shape index (κ2) is 77.3. The van der Waals surface area contributed by atoms with E-state index in [0.717, 1.165) is 45.1 Å². The zero-order valence-corrected chi connectivity index (χ0v) is 58.5. The monoisotopic (exact) mass is 1270 g/mol. The van der Waals surface area contributed by atoms with Crippen LogP contribution in [0.3, 0.4) is 0 Å². The number of carboxylic acid groups (broad SMARTS) is 2. The SMILES string of the molecule is C=CC(=O)O.CC(C)C.CCC.CCC.CCC.CCCP(C1CCCCC1)C1CCCCC1.CN(C)CCN(C)C.COP(C)(=O)O.COS(C)(=O)=O.COS(C)(=O)=S.COS(C)=O.[CH2-]CC(=O)O.[Ni+3].c1ccccc1. The van der Waals surface area contributed by atoms with E-state index in [9.17, 15) is 31.0 Å². The second-order valence-corrected chi connectivity index (χ2v) is 29.3. The van der Waals surface area contributed by atoms with Crippen LogP contribution in [0.5, 0.6) is 0 Å². The number of aliphatic carboxylic acids is 2. The second-order valence-electron chi connectivity index (χ2n) is 17.9. The Hall–Kier alpha value is -0.756. The fraction of sp³-hybridized carbons (Fsp3) is 0.796. The molecule has 3 atom stereocenters. The summed E-state index contributed by atoms with van der Waals surface area (Å²) in [6.45, 7) is 31.1. The first-order valence-corrected chi connectivity index (χ1v) is 36.0. The normalized spacial score (nSPS) is 14.0. The average Bonchev–Trinajstić information content (AvgIpc) is 3.35. The summed E-state index contributed by atoms with van der Waals surface area (Å²) >= 11 is 3.22. The Kier molecular flexibility index (Phi) is 102. The van der Waals surface area contributed by atoms with Gasteiger partial charge in [-0.3, -0.25) is 21.9 Å². The maximum atomic E-state index is 10.1. The first kappa shape index (κ1) is 101. The minimum Gasteiger partial charge on any atom is -0.483 e. The van der Waals surface area contributed by atoms with Crippen molar-refractivity contribution >= 4 is 68.6 Å². The van der Waals surface area contributed by atoms with E-state index in [2.05, 4.69) is 149 Å². The number of hydrogen-bond donors (Lipinski definition) is 3. The van der Waals surface area contributed by atoms with Crippen LogP contribution in [0, 0.1) is 12.8 Å². The molecule has 23 heteroatoms. The van der Waals surface area contributed by atoms with Crippen LogP contribution < -0.4 is 0 Å². The van der Waals surface area contributed by atoms with Crippen molar-refractivity contribution in [3.8, 4) is 0 Å². The molecule has 1 aromatic carbocycles. The molecule has 0 aromatic heterocycles. The zero-order valence-electron chi connectivity index (χ0n) is 52.5. The molecule has 2 aliphatic rings. The molecule has 16 nitrogen and oxygen atoms in total. The first-order chi connectivity index (χ1) is 35.0. The van der Waals surface area contributed by atoms with Gasteiger partial charge in [0.05, 0.1) is 27.6 Å². The first-order valence-electron chi connectivity index (χ1n) is 26.2. The Morgan fingerprint density at radius 1 is 0.753 bits per heavy atom. The Bertz CT molecular complexity index is 1480. The standard InChI is InChI=1S/C15H29P.C6H16N2.C6H6.C4H10.C3H5O2.C3H4O2.3C3H8.C2H7O3P.C2H6O3S.C2H6O2S2.C2H6O2S.Ni/c1-2-13-16(14-9-5-3-6-10-14)15-11-7-4-8-12-15;1-7(2)5-6-8(3)4;1-2-4-6-5-3-1;1-4(2)3;2*1-2-3(4)5;3*1-3-2;2*1-5-6(2,3)4;1-4-6(2,3)5;1-4-5(2)3;/h14-15H,2-13H2,1H3;5-6H2,1-4H3;1-6H;4H,1-3H3;1-2H2,(H,4,5);2H,1H2,(H,4,5);3*3H2,1-2H3;1-2H3,(H,3,4);2*1-2H3;1-2H3;/q;;;;-1;;;;;;;;;+3. The number of likely N-dealkylation sites (N-methyl/N-ethyl adjacent to an activating group) is 2. The van der Waals surface area contributed by atoms with E-state index >= 15 is 0 Å². The molecule has 0 amide bonds. The van der Waals surface area contributed by atoms with Gasteiger partial charge >= 0.3 is 30.1 Å². The van der Waals surface area contributed by atoms with Crippen LogP contribution in [0.2, 0.25) is 0 Å². The Morgan fingerprint density at radius 2 is 0.961 bits per heavy atom. The van der Waals surface area contributed by atoms with Crippen LogP contribution in [-0.4, -0.2) is 166 Å². The van der Waals surface area contributed by atoms with Crippen molar-refractivity contribution < 1.29 is 79.7 Å². The topological polar surface area (TPSA) is 224 Å². The number of carbonyl (C=O) groups is 2. The van der Waals surface area contributed by atoms with Gasteiger partial charge in [0.1, 0.15) is 8.77 Å². The molecular weight excluding hydrogens is 1150 g/mol. The maximum Gasteiger partial charge on any atom is 3.00 e. The summed E-state index contributed by atoms with van der Waals surface area (Å²) in [6.07, 6.45) is 27.0. The summed E-state index contributed by atoms with van der Waals surface area (Å²) in [7, 11) is 5.16. The number of carboxylic acids is 2.